The zero-order chi connectivity index (χ0) is 19.0. The normalized spacial score (nSPS) is 13.6. The Kier molecular flexibility index (Phi) is 5.02. The molecule has 12 heteroatoms. The first-order valence-electron chi connectivity index (χ1n) is 5.98. The van der Waals surface area contributed by atoms with E-state index in [0.29, 0.717) is 30.4 Å². The average molecular weight is 368 g/mol. The van der Waals surface area contributed by atoms with Crippen LogP contribution in [-0.2, 0) is 11.0 Å². The molecule has 0 spiro atoms. The summed E-state index contributed by atoms with van der Waals surface area (Å²) in [5.74, 6) is -1.69. The molecule has 0 fully saturated rings. The number of halogens is 9. The fourth-order valence-electron chi connectivity index (χ4n) is 1.73. The molecular formula is C12H9F9N2O. The molecule has 1 aromatic carbocycles. The summed E-state index contributed by atoms with van der Waals surface area (Å²) >= 11 is 0. The second-order valence-corrected chi connectivity index (χ2v) is 4.63. The second-order valence-electron chi connectivity index (χ2n) is 4.63. The van der Waals surface area contributed by atoms with E-state index in [1.54, 1.807) is 0 Å². The number of carbonyl (C=O) groups is 1. The highest BCUT2D eigenvalue weighted by Gasteiger charge is 2.72. The Balaban J connectivity index is 3.45. The van der Waals surface area contributed by atoms with Gasteiger partial charge in [-0.15, -0.1) is 0 Å². The number of hydrogen-bond acceptors (Lipinski definition) is 2. The van der Waals surface area contributed by atoms with Crippen molar-refractivity contribution in [2.75, 3.05) is 5.32 Å². The van der Waals surface area contributed by atoms with E-state index in [9.17, 15) is 44.3 Å². The van der Waals surface area contributed by atoms with Crippen LogP contribution in [0.2, 0.25) is 0 Å². The van der Waals surface area contributed by atoms with Crippen molar-refractivity contribution in [1.29, 1.82) is 0 Å². The fourth-order valence-corrected chi connectivity index (χ4v) is 1.73. The Hall–Kier alpha value is -2.14. The van der Waals surface area contributed by atoms with Gasteiger partial charge in [0.2, 0.25) is 5.91 Å². The highest BCUT2D eigenvalue weighted by Crippen LogP contribution is 2.44. The van der Waals surface area contributed by atoms with Gasteiger partial charge in [0.15, 0.2) is 0 Å². The predicted octanol–water partition coefficient (Wildman–Crippen LogP) is 4.07. The molecule has 0 aromatic heterocycles. The number of benzene rings is 1. The van der Waals surface area contributed by atoms with Crippen molar-refractivity contribution in [3.05, 3.63) is 29.8 Å². The summed E-state index contributed by atoms with van der Waals surface area (Å²) in [5.41, 5.74) is -7.54. The van der Waals surface area contributed by atoms with Gasteiger partial charge in [0.1, 0.15) is 0 Å². The van der Waals surface area contributed by atoms with Gasteiger partial charge in [-0.25, -0.2) is 0 Å². The highest BCUT2D eigenvalue weighted by molar-refractivity contribution is 5.75. The van der Waals surface area contributed by atoms with Crippen LogP contribution in [-0.4, -0.2) is 23.9 Å². The van der Waals surface area contributed by atoms with Gasteiger partial charge in [0.25, 0.3) is 0 Å². The Labute approximate surface area is 128 Å². The van der Waals surface area contributed by atoms with E-state index >= 15 is 0 Å². The summed E-state index contributed by atoms with van der Waals surface area (Å²) in [6, 6.07) is 1.72. The van der Waals surface area contributed by atoms with Crippen LogP contribution in [0, 0.1) is 0 Å². The molecule has 0 saturated carbocycles. The molecule has 136 valence electrons. The first-order chi connectivity index (χ1) is 10.6. The lowest BCUT2D eigenvalue weighted by Crippen LogP contribution is -2.72. The summed E-state index contributed by atoms with van der Waals surface area (Å²) in [6.07, 6.45) is -17.2. The highest BCUT2D eigenvalue weighted by atomic mass is 19.4. The van der Waals surface area contributed by atoms with Crippen LogP contribution in [0.1, 0.15) is 12.5 Å². The average Bonchev–Trinajstić information content (AvgIpc) is 2.34. The molecule has 0 aliphatic carbocycles. The van der Waals surface area contributed by atoms with Crippen molar-refractivity contribution in [2.24, 2.45) is 0 Å². The molecule has 2 N–H and O–H groups in total. The van der Waals surface area contributed by atoms with Gasteiger partial charge in [-0.2, -0.15) is 39.5 Å². The van der Waals surface area contributed by atoms with Gasteiger partial charge in [0, 0.05) is 12.6 Å². The van der Waals surface area contributed by atoms with Gasteiger partial charge in [0.05, 0.1) is 5.56 Å². The van der Waals surface area contributed by atoms with Crippen molar-refractivity contribution in [1.82, 2.24) is 5.32 Å². The zero-order valence-corrected chi connectivity index (χ0v) is 11.6. The molecule has 1 amide bonds. The number of anilines is 1. The number of nitrogens with one attached hydrogen (secondary N) is 2. The molecule has 0 unspecified atom stereocenters. The van der Waals surface area contributed by atoms with Crippen LogP contribution in [0.5, 0.6) is 0 Å². The predicted molar refractivity (Wildman–Crippen MR) is 63.7 cm³/mol. The van der Waals surface area contributed by atoms with Crippen molar-refractivity contribution in [3.63, 3.8) is 0 Å². The van der Waals surface area contributed by atoms with E-state index in [1.165, 1.54) is 0 Å². The molecule has 24 heavy (non-hydrogen) atoms. The molecule has 0 heterocycles. The topological polar surface area (TPSA) is 41.1 Å². The van der Waals surface area contributed by atoms with Crippen LogP contribution < -0.4 is 10.6 Å². The lowest BCUT2D eigenvalue weighted by atomic mass is 10.1. The molecule has 0 aliphatic heterocycles. The number of rotatable bonds is 3. The number of carbonyl (C=O) groups excluding carboxylic acids is 1. The van der Waals surface area contributed by atoms with E-state index in [0.717, 1.165) is 5.32 Å². The molecule has 1 rings (SSSR count). The largest absolute Gasteiger partial charge is 0.439 e. The molecule has 0 bridgehead atoms. The minimum atomic E-state index is -6.09. The Morgan fingerprint density at radius 1 is 0.917 bits per heavy atom. The summed E-state index contributed by atoms with van der Waals surface area (Å²) in [4.78, 5) is 10.8. The molecule has 0 aliphatic rings. The molecule has 0 atom stereocenters. The molecule has 0 radical (unpaired) electrons. The van der Waals surface area contributed by atoms with Crippen molar-refractivity contribution in [3.8, 4) is 0 Å². The number of alkyl halides is 9. The summed E-state index contributed by atoms with van der Waals surface area (Å²) < 4.78 is 116. The number of amides is 1. The fraction of sp³-hybridized carbons (Fsp3) is 0.417. The first-order valence-corrected chi connectivity index (χ1v) is 5.98. The van der Waals surface area contributed by atoms with Crippen LogP contribution in [0.15, 0.2) is 24.3 Å². The molecular weight excluding hydrogens is 359 g/mol. The Morgan fingerprint density at radius 3 is 1.79 bits per heavy atom. The first kappa shape index (κ1) is 19.9. The van der Waals surface area contributed by atoms with Crippen LogP contribution >= 0.6 is 0 Å². The quantitative estimate of drug-likeness (QED) is 0.624. The third kappa shape index (κ3) is 4.03. The van der Waals surface area contributed by atoms with E-state index < -0.39 is 41.3 Å². The van der Waals surface area contributed by atoms with Crippen LogP contribution in [0.4, 0.5) is 45.2 Å². The van der Waals surface area contributed by atoms with Gasteiger partial charge < -0.3 is 10.6 Å². The minimum Gasteiger partial charge on any atom is -0.348 e. The van der Waals surface area contributed by atoms with Crippen molar-refractivity contribution >= 4 is 11.6 Å². The maximum absolute atomic E-state index is 13.0. The van der Waals surface area contributed by atoms with E-state index in [2.05, 4.69) is 0 Å². The summed E-state index contributed by atoms with van der Waals surface area (Å²) in [5, 5.41) is 1.63. The molecule has 1 aromatic rings. The van der Waals surface area contributed by atoms with Gasteiger partial charge in [-0.1, -0.05) is 6.07 Å². The van der Waals surface area contributed by atoms with E-state index in [1.807, 2.05) is 0 Å². The van der Waals surface area contributed by atoms with Crippen LogP contribution in [0.3, 0.4) is 0 Å². The second kappa shape index (κ2) is 6.06. The lowest BCUT2D eigenvalue weighted by Gasteiger charge is -2.38. The third-order valence-electron chi connectivity index (χ3n) is 2.74. The molecule has 3 nitrogen and oxygen atoms in total. The third-order valence-corrected chi connectivity index (χ3v) is 2.74. The minimum absolute atomic E-state index is 0.0635. The van der Waals surface area contributed by atoms with Gasteiger partial charge in [-0.3, -0.25) is 4.79 Å². The van der Waals surface area contributed by atoms with Crippen LogP contribution in [0.25, 0.3) is 0 Å². The Morgan fingerprint density at radius 2 is 1.42 bits per heavy atom. The SMILES string of the molecule is CC(=O)NC(Nc1cccc(C(F)(F)F)c1)(C(F)(F)F)C(F)(F)F. The van der Waals surface area contributed by atoms with E-state index in [4.69, 9.17) is 0 Å². The Bertz CT molecular complexity index is 590. The monoisotopic (exact) mass is 368 g/mol. The zero-order valence-electron chi connectivity index (χ0n) is 11.6. The van der Waals surface area contributed by atoms with Gasteiger partial charge >= 0.3 is 24.2 Å². The molecule has 0 saturated heterocycles. The van der Waals surface area contributed by atoms with Gasteiger partial charge in [-0.05, 0) is 18.2 Å². The standard InChI is InChI=1S/C12H9F9N2O/c1-6(24)22-10(11(16,17)18,12(19,20)21)23-8-4-2-3-7(5-8)9(13,14)15/h2-5,23H,1H3,(H,22,24). The van der Waals surface area contributed by atoms with Crippen molar-refractivity contribution < 1.29 is 44.3 Å². The lowest BCUT2D eigenvalue weighted by molar-refractivity contribution is -0.295. The maximum atomic E-state index is 13.0. The van der Waals surface area contributed by atoms with Crippen molar-refractivity contribution in [2.45, 2.75) is 31.1 Å². The smallest absolute Gasteiger partial charge is 0.348 e. The summed E-state index contributed by atoms with van der Waals surface area (Å²) in [6.45, 7) is 0.403. The number of hydrogen-bond donors (Lipinski definition) is 2. The van der Waals surface area contributed by atoms with E-state index in [-0.39, 0.29) is 6.07 Å². The maximum Gasteiger partial charge on any atom is 0.439 e. The summed E-state index contributed by atoms with van der Waals surface area (Å²) in [7, 11) is 0.